The Labute approximate surface area is 120 Å². The Morgan fingerprint density at radius 3 is 2.71 bits per heavy atom. The maximum Gasteiger partial charge on any atom is 0.335 e. The molecular formula is C15H13NO5. The van der Waals surface area contributed by atoms with Gasteiger partial charge >= 0.3 is 11.7 Å². The summed E-state index contributed by atoms with van der Waals surface area (Å²) in [5.74, 6) is -0.862. The number of ether oxygens (including phenoxy) is 1. The normalized spacial score (nSPS) is 10.1. The summed E-state index contributed by atoms with van der Waals surface area (Å²) in [4.78, 5) is 21.3. The fourth-order valence-electron chi connectivity index (χ4n) is 1.84. The molecule has 1 N–H and O–H groups in total. The van der Waals surface area contributed by atoms with Crippen molar-refractivity contribution < 1.29 is 19.6 Å². The van der Waals surface area contributed by atoms with E-state index in [-0.39, 0.29) is 23.6 Å². The molecule has 6 heteroatoms. The molecule has 0 saturated carbocycles. The summed E-state index contributed by atoms with van der Waals surface area (Å²) < 4.78 is 5.47. The molecule has 0 aliphatic carbocycles. The van der Waals surface area contributed by atoms with Gasteiger partial charge in [-0.05, 0) is 36.2 Å². The summed E-state index contributed by atoms with van der Waals surface area (Å²) in [5, 5.41) is 19.9. The number of carboxylic acid groups (broad SMARTS) is 1. The lowest BCUT2D eigenvalue weighted by Crippen LogP contribution is -2.02. The number of carbonyl (C=O) groups is 1. The third-order valence-corrected chi connectivity index (χ3v) is 2.88. The van der Waals surface area contributed by atoms with Crippen LogP contribution in [-0.2, 0) is 6.61 Å². The van der Waals surface area contributed by atoms with Crippen LogP contribution in [0.3, 0.4) is 0 Å². The monoisotopic (exact) mass is 287 g/mol. The summed E-state index contributed by atoms with van der Waals surface area (Å²) in [6.07, 6.45) is 0. The SMILES string of the molecule is Cc1ccc([N+](=O)[O-])c(OCc2cccc(C(=O)O)c2)c1. The number of aromatic carboxylic acids is 1. The first kappa shape index (κ1) is 14.5. The highest BCUT2D eigenvalue weighted by Gasteiger charge is 2.15. The molecule has 108 valence electrons. The van der Waals surface area contributed by atoms with E-state index in [1.54, 1.807) is 24.3 Å². The zero-order valence-corrected chi connectivity index (χ0v) is 11.3. The number of nitrogens with zero attached hydrogens (tertiary/aromatic N) is 1. The van der Waals surface area contributed by atoms with Gasteiger partial charge in [0.15, 0.2) is 5.75 Å². The summed E-state index contributed by atoms with van der Waals surface area (Å²) in [6.45, 7) is 1.87. The Morgan fingerprint density at radius 1 is 1.29 bits per heavy atom. The molecular weight excluding hydrogens is 274 g/mol. The average Bonchev–Trinajstić information content (AvgIpc) is 2.45. The maximum absolute atomic E-state index is 10.9. The number of hydrogen-bond donors (Lipinski definition) is 1. The fourth-order valence-corrected chi connectivity index (χ4v) is 1.84. The summed E-state index contributed by atoms with van der Waals surface area (Å²) >= 11 is 0. The van der Waals surface area contributed by atoms with Crippen molar-refractivity contribution in [2.24, 2.45) is 0 Å². The number of benzene rings is 2. The molecule has 0 saturated heterocycles. The van der Waals surface area contributed by atoms with Crippen LogP contribution in [0, 0.1) is 17.0 Å². The molecule has 0 bridgehead atoms. The molecule has 0 spiro atoms. The summed E-state index contributed by atoms with van der Waals surface area (Å²) in [6, 6.07) is 10.9. The second-order valence-electron chi connectivity index (χ2n) is 4.52. The number of aryl methyl sites for hydroxylation is 1. The largest absolute Gasteiger partial charge is 0.482 e. The molecule has 0 aliphatic heterocycles. The second kappa shape index (κ2) is 6.04. The minimum absolute atomic E-state index is 0.0609. The van der Waals surface area contributed by atoms with Crippen LogP contribution >= 0.6 is 0 Å². The number of carboxylic acids is 1. The van der Waals surface area contributed by atoms with E-state index in [9.17, 15) is 14.9 Å². The van der Waals surface area contributed by atoms with E-state index < -0.39 is 10.9 Å². The van der Waals surface area contributed by atoms with Gasteiger partial charge in [-0.25, -0.2) is 4.79 Å². The Balaban J connectivity index is 2.20. The minimum Gasteiger partial charge on any atom is -0.482 e. The second-order valence-corrected chi connectivity index (χ2v) is 4.52. The summed E-state index contributed by atoms with van der Waals surface area (Å²) in [5.41, 5.74) is 1.51. The average molecular weight is 287 g/mol. The van der Waals surface area contributed by atoms with Crippen molar-refractivity contribution in [3.63, 3.8) is 0 Å². The molecule has 0 fully saturated rings. The van der Waals surface area contributed by atoms with Gasteiger partial charge < -0.3 is 9.84 Å². The first-order valence-corrected chi connectivity index (χ1v) is 6.17. The molecule has 6 nitrogen and oxygen atoms in total. The molecule has 0 amide bonds. The molecule has 21 heavy (non-hydrogen) atoms. The number of nitro groups is 1. The van der Waals surface area contributed by atoms with Crippen LogP contribution < -0.4 is 4.74 Å². The van der Waals surface area contributed by atoms with Crippen LogP contribution in [0.15, 0.2) is 42.5 Å². The van der Waals surface area contributed by atoms with Crippen LogP contribution in [0.25, 0.3) is 0 Å². The van der Waals surface area contributed by atoms with Gasteiger partial charge in [-0.1, -0.05) is 18.2 Å². The quantitative estimate of drug-likeness (QED) is 0.673. The van der Waals surface area contributed by atoms with Crippen molar-refractivity contribution >= 4 is 11.7 Å². The molecule has 0 heterocycles. The minimum atomic E-state index is -1.03. The van der Waals surface area contributed by atoms with Crippen molar-refractivity contribution in [3.05, 3.63) is 69.3 Å². The lowest BCUT2D eigenvalue weighted by molar-refractivity contribution is -0.386. The van der Waals surface area contributed by atoms with Crippen molar-refractivity contribution in [1.29, 1.82) is 0 Å². The predicted octanol–water partition coefficient (Wildman–Crippen LogP) is 3.18. The van der Waals surface area contributed by atoms with E-state index in [4.69, 9.17) is 9.84 Å². The number of nitro benzene ring substituents is 1. The Kier molecular flexibility index (Phi) is 4.18. The van der Waals surface area contributed by atoms with Crippen LogP contribution in [0.1, 0.15) is 21.5 Å². The number of rotatable bonds is 5. The van der Waals surface area contributed by atoms with E-state index in [1.165, 1.54) is 18.2 Å². The van der Waals surface area contributed by atoms with Gasteiger partial charge in [0.25, 0.3) is 0 Å². The lowest BCUT2D eigenvalue weighted by atomic mass is 10.1. The van der Waals surface area contributed by atoms with E-state index in [0.29, 0.717) is 5.56 Å². The molecule has 0 unspecified atom stereocenters. The number of hydrogen-bond acceptors (Lipinski definition) is 4. The zero-order chi connectivity index (χ0) is 15.4. The van der Waals surface area contributed by atoms with Gasteiger partial charge in [0.05, 0.1) is 10.5 Å². The van der Waals surface area contributed by atoms with E-state index in [1.807, 2.05) is 6.92 Å². The van der Waals surface area contributed by atoms with E-state index >= 15 is 0 Å². The first-order valence-electron chi connectivity index (χ1n) is 6.17. The Morgan fingerprint density at radius 2 is 2.05 bits per heavy atom. The van der Waals surface area contributed by atoms with Gasteiger partial charge in [0, 0.05) is 6.07 Å². The molecule has 0 aromatic heterocycles. The van der Waals surface area contributed by atoms with E-state index in [2.05, 4.69) is 0 Å². The molecule has 2 aromatic rings. The van der Waals surface area contributed by atoms with Crippen molar-refractivity contribution in [2.75, 3.05) is 0 Å². The predicted molar refractivity (Wildman–Crippen MR) is 75.6 cm³/mol. The third kappa shape index (κ3) is 3.56. The smallest absolute Gasteiger partial charge is 0.335 e. The van der Waals surface area contributed by atoms with Crippen molar-refractivity contribution in [3.8, 4) is 5.75 Å². The van der Waals surface area contributed by atoms with Gasteiger partial charge in [0.1, 0.15) is 6.61 Å². The topological polar surface area (TPSA) is 89.7 Å². The van der Waals surface area contributed by atoms with Crippen LogP contribution in [0.4, 0.5) is 5.69 Å². The fraction of sp³-hybridized carbons (Fsp3) is 0.133. The molecule has 2 aromatic carbocycles. The molecule has 0 atom stereocenters. The Hall–Kier alpha value is -2.89. The summed E-state index contributed by atoms with van der Waals surface area (Å²) in [7, 11) is 0. The lowest BCUT2D eigenvalue weighted by Gasteiger charge is -2.08. The van der Waals surface area contributed by atoms with Crippen LogP contribution in [0.2, 0.25) is 0 Å². The Bertz CT molecular complexity index is 696. The van der Waals surface area contributed by atoms with Crippen molar-refractivity contribution in [1.82, 2.24) is 0 Å². The van der Waals surface area contributed by atoms with Gasteiger partial charge in [-0.2, -0.15) is 0 Å². The first-order chi connectivity index (χ1) is 9.97. The van der Waals surface area contributed by atoms with E-state index in [0.717, 1.165) is 5.56 Å². The highest BCUT2D eigenvalue weighted by molar-refractivity contribution is 5.87. The molecule has 0 radical (unpaired) electrons. The van der Waals surface area contributed by atoms with Crippen LogP contribution in [0.5, 0.6) is 5.75 Å². The van der Waals surface area contributed by atoms with Gasteiger partial charge in [0.2, 0.25) is 0 Å². The van der Waals surface area contributed by atoms with Gasteiger partial charge in [-0.3, -0.25) is 10.1 Å². The van der Waals surface area contributed by atoms with Crippen molar-refractivity contribution in [2.45, 2.75) is 13.5 Å². The van der Waals surface area contributed by atoms with Gasteiger partial charge in [-0.15, -0.1) is 0 Å². The molecule has 0 aliphatic rings. The maximum atomic E-state index is 10.9. The standard InChI is InChI=1S/C15H13NO5/c1-10-5-6-13(16(19)20)14(7-10)21-9-11-3-2-4-12(8-11)15(17)18/h2-8H,9H2,1H3,(H,17,18). The zero-order valence-electron chi connectivity index (χ0n) is 11.3. The third-order valence-electron chi connectivity index (χ3n) is 2.88. The molecule has 2 rings (SSSR count). The highest BCUT2D eigenvalue weighted by atomic mass is 16.6. The highest BCUT2D eigenvalue weighted by Crippen LogP contribution is 2.28. The van der Waals surface area contributed by atoms with Crippen LogP contribution in [-0.4, -0.2) is 16.0 Å².